The Morgan fingerprint density at radius 1 is 0.875 bits per heavy atom. The van der Waals surface area contributed by atoms with E-state index in [9.17, 15) is 0 Å². The molecule has 80 valence electrons. The van der Waals surface area contributed by atoms with Gasteiger partial charge in [0.25, 0.3) is 0 Å². The zero-order valence-electron chi connectivity index (χ0n) is 9.49. The quantitative estimate of drug-likeness (QED) is 0.637. The molecule has 0 N–H and O–H groups in total. The van der Waals surface area contributed by atoms with Crippen LogP contribution < -0.4 is 0 Å². The lowest BCUT2D eigenvalue weighted by Gasteiger charge is -2.22. The van der Waals surface area contributed by atoms with Crippen molar-refractivity contribution in [2.24, 2.45) is 0 Å². The van der Waals surface area contributed by atoms with Gasteiger partial charge < -0.3 is 0 Å². The van der Waals surface area contributed by atoms with E-state index in [2.05, 4.69) is 68.9 Å². The predicted molar refractivity (Wildman–Crippen MR) is 71.3 cm³/mol. The topological polar surface area (TPSA) is 0 Å². The molecule has 16 heavy (non-hydrogen) atoms. The molecule has 0 heterocycles. The highest BCUT2D eigenvalue weighted by Gasteiger charge is 2.36. The standard InChI is InChI=1S/C15H14S/c1-15(2)12-8-4-3-6-10(12)11-7-5-9-13(16)14(11)15/h3-9,16H,1-2H3. The summed E-state index contributed by atoms with van der Waals surface area (Å²) in [6.07, 6.45) is 0. The van der Waals surface area contributed by atoms with E-state index in [0.717, 1.165) is 4.90 Å². The molecule has 0 nitrogen and oxygen atoms in total. The molecule has 0 saturated carbocycles. The first-order valence-corrected chi connectivity index (χ1v) is 5.99. The largest absolute Gasteiger partial charge is 0.143 e. The van der Waals surface area contributed by atoms with Gasteiger partial charge in [0.2, 0.25) is 0 Å². The number of hydrogen-bond acceptors (Lipinski definition) is 1. The van der Waals surface area contributed by atoms with Gasteiger partial charge in [-0.15, -0.1) is 12.6 Å². The third kappa shape index (κ3) is 1.12. The van der Waals surface area contributed by atoms with Gasteiger partial charge in [0.15, 0.2) is 0 Å². The van der Waals surface area contributed by atoms with Gasteiger partial charge >= 0.3 is 0 Å². The first-order valence-electron chi connectivity index (χ1n) is 5.54. The van der Waals surface area contributed by atoms with E-state index in [0.29, 0.717) is 0 Å². The van der Waals surface area contributed by atoms with Crippen LogP contribution in [0, 0.1) is 0 Å². The molecule has 1 aliphatic rings. The van der Waals surface area contributed by atoms with Gasteiger partial charge in [-0.25, -0.2) is 0 Å². The van der Waals surface area contributed by atoms with Gasteiger partial charge in [-0.05, 0) is 28.3 Å². The van der Waals surface area contributed by atoms with Crippen LogP contribution in [0.5, 0.6) is 0 Å². The Morgan fingerprint density at radius 2 is 1.56 bits per heavy atom. The van der Waals surface area contributed by atoms with Gasteiger partial charge in [0.1, 0.15) is 0 Å². The maximum atomic E-state index is 4.61. The predicted octanol–water partition coefficient (Wildman–Crippen LogP) is 4.28. The van der Waals surface area contributed by atoms with Crippen LogP contribution in [0.15, 0.2) is 47.4 Å². The van der Waals surface area contributed by atoms with Crippen molar-refractivity contribution in [3.8, 4) is 11.1 Å². The highest BCUT2D eigenvalue weighted by molar-refractivity contribution is 7.80. The van der Waals surface area contributed by atoms with Crippen LogP contribution in [0.25, 0.3) is 11.1 Å². The minimum atomic E-state index is 0.0737. The number of rotatable bonds is 0. The summed E-state index contributed by atoms with van der Waals surface area (Å²) < 4.78 is 0. The Hall–Kier alpha value is -1.21. The summed E-state index contributed by atoms with van der Waals surface area (Å²) in [7, 11) is 0. The van der Waals surface area contributed by atoms with Gasteiger partial charge in [-0.1, -0.05) is 50.2 Å². The smallest absolute Gasteiger partial charge is 0.0169 e. The summed E-state index contributed by atoms with van der Waals surface area (Å²) in [4.78, 5) is 1.10. The van der Waals surface area contributed by atoms with E-state index >= 15 is 0 Å². The number of hydrogen-bond donors (Lipinski definition) is 1. The molecule has 0 amide bonds. The minimum absolute atomic E-state index is 0.0737. The molecule has 0 saturated heterocycles. The summed E-state index contributed by atoms with van der Waals surface area (Å²) in [5, 5.41) is 0. The fraction of sp³-hybridized carbons (Fsp3) is 0.200. The summed E-state index contributed by atoms with van der Waals surface area (Å²) in [5.74, 6) is 0. The van der Waals surface area contributed by atoms with Crippen LogP contribution >= 0.6 is 12.6 Å². The summed E-state index contributed by atoms with van der Waals surface area (Å²) in [6, 6.07) is 15.0. The van der Waals surface area contributed by atoms with Crippen molar-refractivity contribution < 1.29 is 0 Å². The molecule has 0 aliphatic heterocycles. The van der Waals surface area contributed by atoms with Crippen molar-refractivity contribution in [2.75, 3.05) is 0 Å². The normalized spacial score (nSPS) is 15.7. The lowest BCUT2D eigenvalue weighted by Crippen LogP contribution is -2.15. The molecule has 0 unspecified atom stereocenters. The second-order valence-electron chi connectivity index (χ2n) is 4.87. The Balaban J connectivity index is 2.44. The molecule has 2 aromatic carbocycles. The van der Waals surface area contributed by atoms with E-state index in [1.807, 2.05) is 0 Å². The van der Waals surface area contributed by atoms with Crippen LogP contribution in [0.1, 0.15) is 25.0 Å². The van der Waals surface area contributed by atoms with Crippen molar-refractivity contribution in [1.29, 1.82) is 0 Å². The van der Waals surface area contributed by atoms with Crippen LogP contribution in [0.4, 0.5) is 0 Å². The van der Waals surface area contributed by atoms with Crippen LogP contribution in [0.3, 0.4) is 0 Å². The van der Waals surface area contributed by atoms with Crippen molar-refractivity contribution in [1.82, 2.24) is 0 Å². The van der Waals surface area contributed by atoms with Crippen LogP contribution in [0.2, 0.25) is 0 Å². The second-order valence-corrected chi connectivity index (χ2v) is 5.35. The number of fused-ring (bicyclic) bond motifs is 3. The van der Waals surface area contributed by atoms with Crippen molar-refractivity contribution in [3.05, 3.63) is 53.6 Å². The minimum Gasteiger partial charge on any atom is -0.143 e. The third-order valence-corrected chi connectivity index (χ3v) is 3.93. The molecule has 0 atom stereocenters. The maximum Gasteiger partial charge on any atom is 0.0169 e. The fourth-order valence-electron chi connectivity index (χ4n) is 2.82. The lowest BCUT2D eigenvalue weighted by molar-refractivity contribution is 0.647. The van der Waals surface area contributed by atoms with Gasteiger partial charge in [-0.2, -0.15) is 0 Å². The summed E-state index contributed by atoms with van der Waals surface area (Å²) >= 11 is 4.61. The molecule has 1 aliphatic carbocycles. The van der Waals surface area contributed by atoms with E-state index in [1.165, 1.54) is 22.3 Å². The van der Waals surface area contributed by atoms with Crippen LogP contribution in [-0.4, -0.2) is 0 Å². The molecule has 0 spiro atoms. The first-order chi connectivity index (χ1) is 7.62. The van der Waals surface area contributed by atoms with E-state index in [1.54, 1.807) is 0 Å². The molecule has 0 fully saturated rings. The Kier molecular flexibility index (Phi) is 1.96. The highest BCUT2D eigenvalue weighted by atomic mass is 32.1. The molecule has 0 aromatic heterocycles. The Morgan fingerprint density at radius 3 is 2.38 bits per heavy atom. The molecular formula is C15H14S. The SMILES string of the molecule is CC1(C)c2ccccc2-c2cccc(S)c21. The molecule has 0 radical (unpaired) electrons. The van der Waals surface area contributed by atoms with E-state index < -0.39 is 0 Å². The lowest BCUT2D eigenvalue weighted by atomic mass is 9.82. The number of benzene rings is 2. The second kappa shape index (κ2) is 3.14. The molecule has 3 rings (SSSR count). The zero-order chi connectivity index (χ0) is 11.3. The van der Waals surface area contributed by atoms with Gasteiger partial charge in [0.05, 0.1) is 0 Å². The van der Waals surface area contributed by atoms with E-state index in [-0.39, 0.29) is 5.41 Å². The Labute approximate surface area is 102 Å². The summed E-state index contributed by atoms with van der Waals surface area (Å²) in [6.45, 7) is 4.55. The third-order valence-electron chi connectivity index (χ3n) is 3.56. The molecule has 0 bridgehead atoms. The van der Waals surface area contributed by atoms with E-state index in [4.69, 9.17) is 0 Å². The summed E-state index contributed by atoms with van der Waals surface area (Å²) in [5.41, 5.74) is 5.54. The average molecular weight is 226 g/mol. The highest BCUT2D eigenvalue weighted by Crippen LogP contribution is 2.50. The van der Waals surface area contributed by atoms with Crippen molar-refractivity contribution in [2.45, 2.75) is 24.2 Å². The molecule has 1 heteroatoms. The molecule has 2 aromatic rings. The van der Waals surface area contributed by atoms with Crippen molar-refractivity contribution in [3.63, 3.8) is 0 Å². The fourth-order valence-corrected chi connectivity index (χ4v) is 3.31. The van der Waals surface area contributed by atoms with Gasteiger partial charge in [-0.3, -0.25) is 0 Å². The van der Waals surface area contributed by atoms with Crippen molar-refractivity contribution >= 4 is 12.6 Å². The zero-order valence-corrected chi connectivity index (χ0v) is 10.4. The molecular weight excluding hydrogens is 212 g/mol. The Bertz CT molecular complexity index is 567. The monoisotopic (exact) mass is 226 g/mol. The maximum absolute atomic E-state index is 4.61. The average Bonchev–Trinajstić information content (AvgIpc) is 2.50. The van der Waals surface area contributed by atoms with Gasteiger partial charge in [0, 0.05) is 10.3 Å². The first kappa shape index (κ1) is 9.98. The van der Waals surface area contributed by atoms with Crippen LogP contribution in [-0.2, 0) is 5.41 Å². The number of thiol groups is 1.